The Kier molecular flexibility index (Phi) is 8.63. The molecule has 0 spiro atoms. The van der Waals surface area contributed by atoms with Crippen LogP contribution in [0.2, 0.25) is 0 Å². The van der Waals surface area contributed by atoms with Gasteiger partial charge in [-0.3, -0.25) is 0 Å². The van der Waals surface area contributed by atoms with E-state index in [1.165, 1.54) is 65.5 Å². The first-order valence-electron chi connectivity index (χ1n) is 15.0. The number of thiol groups is 3. The third-order valence-electron chi connectivity index (χ3n) is 9.34. The minimum atomic E-state index is -0.411. The third kappa shape index (κ3) is 5.60. The van der Waals surface area contributed by atoms with E-state index in [0.717, 1.165) is 31.4 Å². The maximum absolute atomic E-state index is 4.92. The summed E-state index contributed by atoms with van der Waals surface area (Å²) in [6, 6.07) is 39.8. The Balaban J connectivity index is 1.54. The molecule has 0 aromatic heterocycles. The summed E-state index contributed by atoms with van der Waals surface area (Å²) < 4.78 is 0. The average molecular weight is 603 g/mol. The molecular weight excluding hydrogens is 565 g/mol. The van der Waals surface area contributed by atoms with Crippen LogP contribution in [0, 0.1) is 6.92 Å². The van der Waals surface area contributed by atoms with Crippen LogP contribution < -0.4 is 0 Å². The molecule has 5 aromatic carbocycles. The molecule has 1 unspecified atom stereocenters. The molecule has 1 aliphatic carbocycles. The fraction of sp³-hybridized carbons (Fsp3) is 0.231. The van der Waals surface area contributed by atoms with Gasteiger partial charge in [-0.2, -0.15) is 0 Å². The third-order valence-corrected chi connectivity index (χ3v) is 10.5. The number of aryl methyl sites for hydroxylation is 1. The van der Waals surface area contributed by atoms with Crippen molar-refractivity contribution in [2.45, 2.75) is 72.0 Å². The van der Waals surface area contributed by atoms with Gasteiger partial charge in [-0.1, -0.05) is 98.1 Å². The van der Waals surface area contributed by atoms with Crippen LogP contribution >= 0.6 is 37.9 Å². The van der Waals surface area contributed by atoms with Crippen LogP contribution in [0.1, 0.15) is 72.8 Å². The molecule has 42 heavy (non-hydrogen) atoms. The molecular formula is C39H38S3. The van der Waals surface area contributed by atoms with Crippen LogP contribution in [-0.2, 0) is 5.41 Å². The van der Waals surface area contributed by atoms with Crippen molar-refractivity contribution in [2.24, 2.45) is 0 Å². The molecule has 6 rings (SSSR count). The van der Waals surface area contributed by atoms with Gasteiger partial charge in [0.05, 0.1) is 0 Å². The summed E-state index contributed by atoms with van der Waals surface area (Å²) in [5, 5.41) is 0. The molecule has 0 heterocycles. The summed E-state index contributed by atoms with van der Waals surface area (Å²) in [4.78, 5) is 2.88. The summed E-state index contributed by atoms with van der Waals surface area (Å²) in [5.41, 5.74) is 10.6. The zero-order valence-corrected chi connectivity index (χ0v) is 27.0. The number of rotatable bonds is 6. The normalized spacial score (nSPS) is 15.4. The van der Waals surface area contributed by atoms with E-state index in [-0.39, 0.29) is 0 Å². The van der Waals surface area contributed by atoms with Crippen molar-refractivity contribution in [3.63, 3.8) is 0 Å². The highest BCUT2D eigenvalue weighted by Gasteiger charge is 2.33. The van der Waals surface area contributed by atoms with Crippen molar-refractivity contribution in [1.82, 2.24) is 0 Å². The Morgan fingerprint density at radius 2 is 1.02 bits per heavy atom. The van der Waals surface area contributed by atoms with E-state index in [4.69, 9.17) is 37.9 Å². The van der Waals surface area contributed by atoms with E-state index in [0.29, 0.717) is 5.92 Å². The molecule has 1 aliphatic rings. The monoisotopic (exact) mass is 602 g/mol. The van der Waals surface area contributed by atoms with Crippen molar-refractivity contribution in [1.29, 1.82) is 0 Å². The van der Waals surface area contributed by atoms with E-state index in [9.17, 15) is 0 Å². The molecule has 1 fully saturated rings. The van der Waals surface area contributed by atoms with Gasteiger partial charge in [-0.15, -0.1) is 37.9 Å². The molecule has 0 amide bonds. The van der Waals surface area contributed by atoms with Gasteiger partial charge in [-0.25, -0.2) is 0 Å². The van der Waals surface area contributed by atoms with Crippen LogP contribution in [0.3, 0.4) is 0 Å². The van der Waals surface area contributed by atoms with Crippen LogP contribution in [0.5, 0.6) is 0 Å². The predicted octanol–water partition coefficient (Wildman–Crippen LogP) is 11.6. The molecule has 5 aromatic rings. The van der Waals surface area contributed by atoms with Gasteiger partial charge in [0.1, 0.15) is 0 Å². The van der Waals surface area contributed by atoms with E-state index in [1.54, 1.807) is 0 Å². The number of hydrogen-bond acceptors (Lipinski definition) is 3. The highest BCUT2D eigenvalue weighted by Crippen LogP contribution is 2.45. The summed E-state index contributed by atoms with van der Waals surface area (Å²) in [7, 11) is 0. The number of hydrogen-bond donors (Lipinski definition) is 3. The topological polar surface area (TPSA) is 0 Å². The van der Waals surface area contributed by atoms with Crippen molar-refractivity contribution >= 4 is 37.9 Å². The minimum Gasteiger partial charge on any atom is -0.143 e. The Hall–Kier alpha value is -2.85. The molecule has 212 valence electrons. The first-order chi connectivity index (χ1) is 20.4. The van der Waals surface area contributed by atoms with Gasteiger partial charge in [-0.05, 0) is 113 Å². The molecule has 0 N–H and O–H groups in total. The van der Waals surface area contributed by atoms with Crippen LogP contribution in [-0.4, -0.2) is 0 Å². The standard InChI is InChI=1S/C39H38S3/c1-26-10-6-7-13-32(26)34-24-30(20-22-37(34)41)39(2,29-18-16-28(17-19-29)27-11-4-3-5-12-27)31-21-23-38(42)35(25-31)33-14-8-9-15-36(33)40/h6-10,13-25,27,40-42H,3-5,11-12H2,1-2H3. The summed E-state index contributed by atoms with van der Waals surface area (Å²) in [6.07, 6.45) is 6.65. The molecule has 0 radical (unpaired) electrons. The second-order valence-corrected chi connectivity index (χ2v) is 13.3. The summed E-state index contributed by atoms with van der Waals surface area (Å²) in [6.45, 7) is 4.53. The first-order valence-corrected chi connectivity index (χ1v) is 16.3. The fourth-order valence-corrected chi connectivity index (χ4v) is 7.53. The van der Waals surface area contributed by atoms with Gasteiger partial charge in [0.2, 0.25) is 0 Å². The van der Waals surface area contributed by atoms with Crippen LogP contribution in [0.25, 0.3) is 22.3 Å². The molecule has 1 atom stereocenters. The second-order valence-electron chi connectivity index (χ2n) is 11.9. The Morgan fingerprint density at radius 1 is 0.524 bits per heavy atom. The maximum Gasteiger partial charge on any atom is 0.0423 e. The zero-order valence-electron chi connectivity index (χ0n) is 24.3. The summed E-state index contributed by atoms with van der Waals surface area (Å²) in [5.74, 6) is 0.678. The highest BCUT2D eigenvalue weighted by atomic mass is 32.1. The lowest BCUT2D eigenvalue weighted by atomic mass is 9.69. The van der Waals surface area contributed by atoms with E-state index in [1.807, 2.05) is 12.1 Å². The summed E-state index contributed by atoms with van der Waals surface area (Å²) >= 11 is 14.6. The van der Waals surface area contributed by atoms with Gasteiger partial charge in [0, 0.05) is 20.1 Å². The quantitative estimate of drug-likeness (QED) is 0.125. The van der Waals surface area contributed by atoms with E-state index in [2.05, 4.69) is 111 Å². The van der Waals surface area contributed by atoms with Crippen molar-refractivity contribution in [3.8, 4) is 22.3 Å². The predicted molar refractivity (Wildman–Crippen MR) is 188 cm³/mol. The minimum absolute atomic E-state index is 0.411. The maximum atomic E-state index is 4.92. The van der Waals surface area contributed by atoms with Gasteiger partial charge in [0.25, 0.3) is 0 Å². The number of benzene rings is 5. The molecule has 3 heteroatoms. The second kappa shape index (κ2) is 12.4. The first kappa shape index (κ1) is 29.2. The Labute approximate surface area is 267 Å². The van der Waals surface area contributed by atoms with Crippen LogP contribution in [0.4, 0.5) is 0 Å². The lowest BCUT2D eigenvalue weighted by Gasteiger charge is -2.34. The molecule has 0 nitrogen and oxygen atoms in total. The molecule has 0 saturated heterocycles. The van der Waals surface area contributed by atoms with Crippen molar-refractivity contribution in [3.05, 3.63) is 137 Å². The van der Waals surface area contributed by atoms with Crippen molar-refractivity contribution < 1.29 is 0 Å². The lowest BCUT2D eigenvalue weighted by Crippen LogP contribution is -2.26. The van der Waals surface area contributed by atoms with Crippen LogP contribution in [0.15, 0.2) is 124 Å². The molecule has 1 saturated carbocycles. The van der Waals surface area contributed by atoms with E-state index >= 15 is 0 Å². The molecule has 0 aliphatic heterocycles. The van der Waals surface area contributed by atoms with Crippen molar-refractivity contribution in [2.75, 3.05) is 0 Å². The lowest BCUT2D eigenvalue weighted by molar-refractivity contribution is 0.443. The SMILES string of the molecule is Cc1ccccc1-c1cc(C(C)(c2ccc(C3CCCCC3)cc2)c2ccc(S)c(-c3ccccc3S)c2)ccc1S. The van der Waals surface area contributed by atoms with Gasteiger partial charge >= 0.3 is 0 Å². The Bertz CT molecular complexity index is 1620. The van der Waals surface area contributed by atoms with Gasteiger partial charge in [0.15, 0.2) is 0 Å². The van der Waals surface area contributed by atoms with E-state index < -0.39 is 5.41 Å². The fourth-order valence-electron chi connectivity index (χ4n) is 6.73. The smallest absolute Gasteiger partial charge is 0.0423 e. The zero-order chi connectivity index (χ0) is 29.3. The largest absolute Gasteiger partial charge is 0.143 e. The average Bonchev–Trinajstić information content (AvgIpc) is 3.02. The Morgan fingerprint density at radius 3 is 1.62 bits per heavy atom. The highest BCUT2D eigenvalue weighted by molar-refractivity contribution is 7.81. The molecule has 0 bridgehead atoms. The van der Waals surface area contributed by atoms with Gasteiger partial charge < -0.3 is 0 Å².